The van der Waals surface area contributed by atoms with E-state index in [0.29, 0.717) is 0 Å². The summed E-state index contributed by atoms with van der Waals surface area (Å²) < 4.78 is 1.88. The lowest BCUT2D eigenvalue weighted by Gasteiger charge is -2.35. The van der Waals surface area contributed by atoms with Gasteiger partial charge in [0.1, 0.15) is 18.5 Å². The van der Waals surface area contributed by atoms with Gasteiger partial charge >= 0.3 is 0 Å². The Morgan fingerprint density at radius 2 is 2.25 bits per heavy atom. The highest BCUT2D eigenvalue weighted by Gasteiger charge is 2.29. The minimum Gasteiger partial charge on any atom is -0.343 e. The molecule has 0 bridgehead atoms. The predicted molar refractivity (Wildman–Crippen MR) is 71.1 cm³/mol. The van der Waals surface area contributed by atoms with Crippen LogP contribution in [0.15, 0.2) is 25.0 Å². The highest BCUT2D eigenvalue weighted by atomic mass is 15.3. The molecule has 1 N–H and O–H groups in total. The molecule has 1 atom stereocenters. The molecule has 0 amide bonds. The van der Waals surface area contributed by atoms with E-state index in [9.17, 15) is 0 Å². The average Bonchev–Trinajstić information content (AvgIpc) is 3.18. The van der Waals surface area contributed by atoms with E-state index in [1.54, 1.807) is 18.9 Å². The van der Waals surface area contributed by atoms with Crippen LogP contribution in [0.2, 0.25) is 0 Å². The Balaban J connectivity index is 1.80. The Hall–Kier alpha value is -2.51. The zero-order chi connectivity index (χ0) is 13.4. The van der Waals surface area contributed by atoms with Crippen LogP contribution in [0, 0.1) is 0 Å². The molecule has 3 aromatic heterocycles. The largest absolute Gasteiger partial charge is 0.343 e. The molecule has 4 heterocycles. The van der Waals surface area contributed by atoms with Gasteiger partial charge in [-0.15, -0.1) is 10.2 Å². The standard InChI is InChI=1S/C12H14N8/c1-2-5-20(9(3-1)10-14-7-15-17-10)11-12-18-16-8-19(12)6-4-13-11/h4,6-9H,1-3,5H2,(H,14,15,17). The molecule has 102 valence electrons. The summed E-state index contributed by atoms with van der Waals surface area (Å²) >= 11 is 0. The van der Waals surface area contributed by atoms with Gasteiger partial charge in [0.2, 0.25) is 5.65 Å². The Morgan fingerprint density at radius 3 is 3.15 bits per heavy atom. The van der Waals surface area contributed by atoms with Crippen LogP contribution < -0.4 is 4.90 Å². The molecule has 1 saturated heterocycles. The molecule has 8 nitrogen and oxygen atoms in total. The second kappa shape index (κ2) is 4.55. The predicted octanol–water partition coefficient (Wildman–Crippen LogP) is 0.974. The van der Waals surface area contributed by atoms with Crippen molar-refractivity contribution < 1.29 is 0 Å². The van der Waals surface area contributed by atoms with Crippen molar-refractivity contribution in [1.82, 2.24) is 34.8 Å². The maximum atomic E-state index is 4.50. The van der Waals surface area contributed by atoms with Crippen LogP contribution in [-0.2, 0) is 0 Å². The zero-order valence-electron chi connectivity index (χ0n) is 10.8. The minimum absolute atomic E-state index is 0.168. The Kier molecular flexibility index (Phi) is 2.58. The summed E-state index contributed by atoms with van der Waals surface area (Å²) in [5.74, 6) is 1.74. The first-order chi connectivity index (χ1) is 9.93. The normalized spacial score (nSPS) is 19.6. The number of anilines is 1. The third-order valence-corrected chi connectivity index (χ3v) is 3.72. The maximum absolute atomic E-state index is 4.50. The van der Waals surface area contributed by atoms with Crippen molar-refractivity contribution in [2.45, 2.75) is 25.3 Å². The first-order valence-corrected chi connectivity index (χ1v) is 6.70. The summed E-state index contributed by atoms with van der Waals surface area (Å²) in [6.07, 6.45) is 10.2. The number of fused-ring (bicyclic) bond motifs is 1. The van der Waals surface area contributed by atoms with Gasteiger partial charge in [-0.3, -0.25) is 9.50 Å². The van der Waals surface area contributed by atoms with Crippen LogP contribution in [0.3, 0.4) is 0 Å². The van der Waals surface area contributed by atoms with Gasteiger partial charge in [-0.2, -0.15) is 5.10 Å². The van der Waals surface area contributed by atoms with Crippen LogP contribution >= 0.6 is 0 Å². The molecule has 0 saturated carbocycles. The van der Waals surface area contributed by atoms with Crippen molar-refractivity contribution in [2.24, 2.45) is 0 Å². The number of H-pyrrole nitrogens is 1. The molecule has 0 aliphatic carbocycles. The molecule has 4 rings (SSSR count). The molecule has 8 heteroatoms. The quantitative estimate of drug-likeness (QED) is 0.746. The third kappa shape index (κ3) is 1.72. The smallest absolute Gasteiger partial charge is 0.203 e. The van der Waals surface area contributed by atoms with Gasteiger partial charge in [0.25, 0.3) is 0 Å². The van der Waals surface area contributed by atoms with Gasteiger partial charge in [0.05, 0.1) is 6.04 Å². The van der Waals surface area contributed by atoms with Crippen LogP contribution in [-0.4, -0.2) is 41.3 Å². The minimum atomic E-state index is 0.168. The average molecular weight is 270 g/mol. The van der Waals surface area contributed by atoms with E-state index in [1.807, 2.05) is 10.6 Å². The summed E-state index contributed by atoms with van der Waals surface area (Å²) in [5, 5.41) is 15.1. The summed E-state index contributed by atoms with van der Waals surface area (Å²) in [5.41, 5.74) is 0.777. The summed E-state index contributed by atoms with van der Waals surface area (Å²) in [6.45, 7) is 0.935. The highest BCUT2D eigenvalue weighted by molar-refractivity contribution is 5.64. The number of aromatic amines is 1. The second-order valence-corrected chi connectivity index (χ2v) is 4.89. The van der Waals surface area contributed by atoms with Gasteiger partial charge in [0, 0.05) is 18.9 Å². The van der Waals surface area contributed by atoms with E-state index in [2.05, 4.69) is 35.3 Å². The number of aromatic nitrogens is 7. The number of hydrogen-bond acceptors (Lipinski definition) is 6. The fourth-order valence-electron chi connectivity index (χ4n) is 2.79. The number of hydrogen-bond donors (Lipinski definition) is 1. The molecule has 1 unspecified atom stereocenters. The maximum Gasteiger partial charge on any atom is 0.203 e. The topological polar surface area (TPSA) is 87.9 Å². The van der Waals surface area contributed by atoms with Crippen molar-refractivity contribution in [3.05, 3.63) is 30.9 Å². The number of nitrogens with one attached hydrogen (secondary N) is 1. The molecule has 1 fully saturated rings. The summed E-state index contributed by atoms with van der Waals surface area (Å²) in [7, 11) is 0. The lowest BCUT2D eigenvalue weighted by Crippen LogP contribution is -2.35. The lowest BCUT2D eigenvalue weighted by atomic mass is 10.0. The fraction of sp³-hybridized carbons (Fsp3) is 0.417. The van der Waals surface area contributed by atoms with Crippen molar-refractivity contribution in [1.29, 1.82) is 0 Å². The second-order valence-electron chi connectivity index (χ2n) is 4.89. The molecule has 0 aromatic carbocycles. The van der Waals surface area contributed by atoms with Gasteiger partial charge in [0.15, 0.2) is 5.82 Å². The molecule has 3 aromatic rings. The summed E-state index contributed by atoms with van der Waals surface area (Å²) in [4.78, 5) is 11.1. The molecular weight excluding hydrogens is 256 g/mol. The van der Waals surface area contributed by atoms with Gasteiger partial charge in [-0.1, -0.05) is 0 Å². The highest BCUT2D eigenvalue weighted by Crippen LogP contribution is 2.33. The van der Waals surface area contributed by atoms with Crippen molar-refractivity contribution in [3.8, 4) is 0 Å². The van der Waals surface area contributed by atoms with Gasteiger partial charge in [-0.25, -0.2) is 9.97 Å². The fourth-order valence-corrected chi connectivity index (χ4v) is 2.79. The third-order valence-electron chi connectivity index (χ3n) is 3.72. The van der Waals surface area contributed by atoms with E-state index in [4.69, 9.17) is 0 Å². The first kappa shape index (κ1) is 11.3. The van der Waals surface area contributed by atoms with Crippen LogP contribution in [0.4, 0.5) is 5.82 Å². The van der Waals surface area contributed by atoms with Crippen molar-refractivity contribution in [2.75, 3.05) is 11.4 Å². The lowest BCUT2D eigenvalue weighted by molar-refractivity contribution is 0.454. The van der Waals surface area contributed by atoms with Gasteiger partial charge in [-0.05, 0) is 19.3 Å². The molecule has 0 spiro atoms. The molecule has 0 radical (unpaired) electrons. The van der Waals surface area contributed by atoms with Crippen LogP contribution in [0.25, 0.3) is 5.65 Å². The monoisotopic (exact) mass is 270 g/mol. The van der Waals surface area contributed by atoms with E-state index in [-0.39, 0.29) is 6.04 Å². The number of rotatable bonds is 2. The zero-order valence-corrected chi connectivity index (χ0v) is 10.8. The van der Waals surface area contributed by atoms with E-state index in [1.165, 1.54) is 6.42 Å². The molecule has 1 aliphatic rings. The van der Waals surface area contributed by atoms with Gasteiger partial charge < -0.3 is 4.90 Å². The van der Waals surface area contributed by atoms with Crippen molar-refractivity contribution in [3.63, 3.8) is 0 Å². The Bertz CT molecular complexity index is 703. The van der Waals surface area contributed by atoms with Crippen LogP contribution in [0.1, 0.15) is 31.1 Å². The molecule has 20 heavy (non-hydrogen) atoms. The van der Waals surface area contributed by atoms with Crippen molar-refractivity contribution >= 4 is 11.5 Å². The first-order valence-electron chi connectivity index (χ1n) is 6.70. The molecular formula is C12H14N8. The van der Waals surface area contributed by atoms with E-state index in [0.717, 1.165) is 36.7 Å². The number of nitrogens with zero attached hydrogens (tertiary/aromatic N) is 7. The molecule has 1 aliphatic heterocycles. The van der Waals surface area contributed by atoms with Crippen LogP contribution in [0.5, 0.6) is 0 Å². The SMILES string of the molecule is c1n[nH]c(C2CCCCN2c2nccn3cnnc23)n1. The Morgan fingerprint density at radius 1 is 1.25 bits per heavy atom. The Labute approximate surface area is 114 Å². The van der Waals surface area contributed by atoms with E-state index < -0.39 is 0 Å². The number of piperidine rings is 1. The van der Waals surface area contributed by atoms with E-state index >= 15 is 0 Å². The summed E-state index contributed by atoms with van der Waals surface area (Å²) in [6, 6.07) is 0.168.